The zero-order valence-electron chi connectivity index (χ0n) is 14.2. The Bertz CT molecular complexity index is 751. The molecule has 0 bridgehead atoms. The van der Waals surface area contributed by atoms with Gasteiger partial charge in [-0.25, -0.2) is 0 Å². The van der Waals surface area contributed by atoms with E-state index in [4.69, 9.17) is 4.74 Å². The van der Waals surface area contributed by atoms with E-state index >= 15 is 0 Å². The number of nitrogens with zero attached hydrogens (tertiary/aromatic N) is 4. The maximum absolute atomic E-state index is 11.6. The van der Waals surface area contributed by atoms with Crippen LogP contribution in [0.2, 0.25) is 0 Å². The number of tetrazole rings is 1. The largest absolute Gasteiger partial charge is 0.452 e. The quantitative estimate of drug-likeness (QED) is 0.482. The molecule has 2 aromatic rings. The van der Waals surface area contributed by atoms with E-state index in [9.17, 15) is 4.79 Å². The summed E-state index contributed by atoms with van der Waals surface area (Å²) in [7, 11) is 0. The first kappa shape index (κ1) is 18.0. The van der Waals surface area contributed by atoms with E-state index < -0.39 is 5.41 Å². The van der Waals surface area contributed by atoms with Gasteiger partial charge < -0.3 is 4.74 Å². The fourth-order valence-corrected chi connectivity index (χ4v) is 2.30. The summed E-state index contributed by atoms with van der Waals surface area (Å²) in [6.45, 7) is 7.55. The van der Waals surface area contributed by atoms with Gasteiger partial charge in [0.15, 0.2) is 6.61 Å². The standard InChI is InChI=1S/C17H20N4O2S/c1-13-7-9-14(10-8-13)21-16(18-19-20-21)24-12-6-5-11-23-15(22)17(2,3)4/h7-10H,11-12H2,1-4H3. The number of aryl methyl sites for hydroxylation is 1. The maximum Gasteiger partial charge on any atom is 0.312 e. The molecule has 24 heavy (non-hydrogen) atoms. The van der Waals surface area contributed by atoms with Gasteiger partial charge in [0.25, 0.3) is 0 Å². The Morgan fingerprint density at radius 3 is 2.62 bits per heavy atom. The molecular formula is C17H20N4O2S. The summed E-state index contributed by atoms with van der Waals surface area (Å²) in [4.78, 5) is 11.6. The summed E-state index contributed by atoms with van der Waals surface area (Å²) in [6.07, 6.45) is 0. The second kappa shape index (κ2) is 7.97. The van der Waals surface area contributed by atoms with Gasteiger partial charge in [0.2, 0.25) is 5.16 Å². The molecule has 0 saturated carbocycles. The van der Waals surface area contributed by atoms with Crippen LogP contribution >= 0.6 is 11.8 Å². The van der Waals surface area contributed by atoms with Gasteiger partial charge in [0.05, 0.1) is 16.9 Å². The minimum Gasteiger partial charge on any atom is -0.452 e. The predicted octanol–water partition coefficient (Wildman–Crippen LogP) is 2.66. The van der Waals surface area contributed by atoms with E-state index in [0.717, 1.165) is 5.69 Å². The monoisotopic (exact) mass is 344 g/mol. The third-order valence-corrected chi connectivity index (χ3v) is 3.81. The van der Waals surface area contributed by atoms with Crippen molar-refractivity contribution in [2.75, 3.05) is 12.4 Å². The second-order valence-corrected chi connectivity index (χ2v) is 7.12. The van der Waals surface area contributed by atoms with E-state index in [1.165, 1.54) is 17.3 Å². The van der Waals surface area contributed by atoms with Gasteiger partial charge in [-0.2, -0.15) is 4.68 Å². The molecule has 0 aliphatic carbocycles. The molecule has 1 heterocycles. The lowest BCUT2D eigenvalue weighted by atomic mass is 9.97. The minimum absolute atomic E-state index is 0.0968. The third kappa shape index (κ3) is 5.10. The number of ether oxygens (including phenoxy) is 1. The van der Waals surface area contributed by atoms with Gasteiger partial charge >= 0.3 is 5.97 Å². The van der Waals surface area contributed by atoms with Crippen LogP contribution in [0.5, 0.6) is 0 Å². The van der Waals surface area contributed by atoms with E-state index in [2.05, 4.69) is 27.4 Å². The molecule has 1 aromatic carbocycles. The first-order valence-corrected chi connectivity index (χ1v) is 8.47. The molecule has 0 spiro atoms. The van der Waals surface area contributed by atoms with Crippen LogP contribution in [-0.2, 0) is 9.53 Å². The Kier molecular flexibility index (Phi) is 5.99. The van der Waals surface area contributed by atoms with E-state index in [1.807, 2.05) is 52.0 Å². The van der Waals surface area contributed by atoms with Crippen LogP contribution in [0.4, 0.5) is 0 Å². The SMILES string of the molecule is Cc1ccc(-n2nnnc2SCC#CCOC(=O)C(C)(C)C)cc1. The highest BCUT2D eigenvalue weighted by Gasteiger charge is 2.22. The summed E-state index contributed by atoms with van der Waals surface area (Å²) < 4.78 is 6.75. The minimum atomic E-state index is -0.507. The molecule has 7 heteroatoms. The number of benzene rings is 1. The predicted molar refractivity (Wildman–Crippen MR) is 92.8 cm³/mol. The van der Waals surface area contributed by atoms with Crippen molar-refractivity contribution in [3.63, 3.8) is 0 Å². The number of hydrogen-bond donors (Lipinski definition) is 0. The summed E-state index contributed by atoms with van der Waals surface area (Å²) in [6, 6.07) is 7.95. The number of thioether (sulfide) groups is 1. The Hall–Kier alpha value is -2.33. The van der Waals surface area contributed by atoms with Crippen LogP contribution in [0.1, 0.15) is 26.3 Å². The molecule has 0 N–H and O–H groups in total. The van der Waals surface area contributed by atoms with Crippen molar-refractivity contribution in [1.29, 1.82) is 0 Å². The Morgan fingerprint density at radius 2 is 1.96 bits per heavy atom. The summed E-state index contributed by atoms with van der Waals surface area (Å²) in [5.41, 5.74) is 1.57. The van der Waals surface area contributed by atoms with Crippen molar-refractivity contribution in [1.82, 2.24) is 20.2 Å². The second-order valence-electron chi connectivity index (χ2n) is 6.18. The molecule has 1 aromatic heterocycles. The molecule has 0 aliphatic rings. The molecule has 2 rings (SSSR count). The van der Waals surface area contributed by atoms with Crippen molar-refractivity contribution in [2.24, 2.45) is 5.41 Å². The van der Waals surface area contributed by atoms with E-state index in [-0.39, 0.29) is 12.6 Å². The highest BCUT2D eigenvalue weighted by Crippen LogP contribution is 2.18. The Labute approximate surface area is 146 Å². The average molecular weight is 344 g/mol. The normalized spacial score (nSPS) is 10.8. The number of carbonyl (C=O) groups is 1. The van der Waals surface area contributed by atoms with Gasteiger partial charge in [0.1, 0.15) is 0 Å². The van der Waals surface area contributed by atoms with Crippen molar-refractivity contribution < 1.29 is 9.53 Å². The fourth-order valence-electron chi connectivity index (χ4n) is 1.64. The summed E-state index contributed by atoms with van der Waals surface area (Å²) in [5, 5.41) is 12.4. The van der Waals surface area contributed by atoms with E-state index in [1.54, 1.807) is 4.68 Å². The number of hydrogen-bond acceptors (Lipinski definition) is 6. The van der Waals surface area contributed by atoms with Crippen molar-refractivity contribution in [3.05, 3.63) is 29.8 Å². The lowest BCUT2D eigenvalue weighted by Gasteiger charge is -2.14. The van der Waals surface area contributed by atoms with Crippen molar-refractivity contribution >= 4 is 17.7 Å². The van der Waals surface area contributed by atoms with Gasteiger partial charge in [0, 0.05) is 0 Å². The molecule has 0 saturated heterocycles. The van der Waals surface area contributed by atoms with Gasteiger partial charge in [-0.3, -0.25) is 4.79 Å². The Morgan fingerprint density at radius 1 is 1.25 bits per heavy atom. The Balaban J connectivity index is 1.86. The van der Waals surface area contributed by atoms with Gasteiger partial charge in [-0.15, -0.1) is 5.10 Å². The molecule has 0 unspecified atom stereocenters. The average Bonchev–Trinajstić information content (AvgIpc) is 2.98. The zero-order valence-corrected chi connectivity index (χ0v) is 15.1. The molecule has 0 radical (unpaired) electrons. The number of carbonyl (C=O) groups excluding carboxylic acids is 1. The van der Waals surface area contributed by atoms with Crippen molar-refractivity contribution in [3.8, 4) is 17.5 Å². The number of rotatable bonds is 4. The lowest BCUT2D eigenvalue weighted by molar-refractivity contribution is -0.151. The summed E-state index contributed by atoms with van der Waals surface area (Å²) in [5.74, 6) is 6.03. The van der Waals surface area contributed by atoms with Crippen LogP contribution in [0.25, 0.3) is 5.69 Å². The highest BCUT2D eigenvalue weighted by atomic mass is 32.2. The van der Waals surface area contributed by atoms with Gasteiger partial charge in [-0.05, 0) is 50.3 Å². The van der Waals surface area contributed by atoms with Crippen molar-refractivity contribution in [2.45, 2.75) is 32.9 Å². The third-order valence-electron chi connectivity index (χ3n) is 3.01. The fraction of sp³-hybridized carbons (Fsp3) is 0.412. The van der Waals surface area contributed by atoms with Crippen LogP contribution in [0, 0.1) is 24.2 Å². The smallest absolute Gasteiger partial charge is 0.312 e. The molecule has 0 aliphatic heterocycles. The first-order valence-electron chi connectivity index (χ1n) is 7.49. The van der Waals surface area contributed by atoms with Crippen LogP contribution in [-0.4, -0.2) is 38.5 Å². The zero-order chi connectivity index (χ0) is 17.6. The number of aromatic nitrogens is 4. The molecule has 0 atom stereocenters. The molecule has 126 valence electrons. The van der Waals surface area contributed by atoms with Crippen LogP contribution in [0.3, 0.4) is 0 Å². The van der Waals surface area contributed by atoms with Gasteiger partial charge in [-0.1, -0.05) is 41.3 Å². The molecular weight excluding hydrogens is 324 g/mol. The maximum atomic E-state index is 11.6. The molecule has 0 amide bonds. The highest BCUT2D eigenvalue weighted by molar-refractivity contribution is 7.99. The van der Waals surface area contributed by atoms with Crippen LogP contribution < -0.4 is 0 Å². The number of esters is 1. The van der Waals surface area contributed by atoms with E-state index in [0.29, 0.717) is 10.9 Å². The van der Waals surface area contributed by atoms with Crippen LogP contribution in [0.15, 0.2) is 29.4 Å². The first-order chi connectivity index (χ1) is 11.4. The summed E-state index contributed by atoms with van der Waals surface area (Å²) >= 11 is 1.43. The topological polar surface area (TPSA) is 69.9 Å². The molecule has 0 fully saturated rings. The lowest BCUT2D eigenvalue weighted by Crippen LogP contribution is -2.22. The molecule has 6 nitrogen and oxygen atoms in total.